The molecule has 3 spiro atoms. The van der Waals surface area contributed by atoms with Gasteiger partial charge in [-0.3, -0.25) is 5.09 Å². The summed E-state index contributed by atoms with van der Waals surface area (Å²) in [6, 6.07) is 0. The van der Waals surface area contributed by atoms with Crippen molar-refractivity contribution in [2.45, 2.75) is 43.7 Å². The fourth-order valence-corrected chi connectivity index (χ4v) is 21.6. The molecule has 0 bridgehead atoms. The fourth-order valence-electron chi connectivity index (χ4n) is 6.65. The van der Waals surface area contributed by atoms with Crippen LogP contribution in [-0.4, -0.2) is 97.8 Å². The third-order valence-corrected chi connectivity index (χ3v) is 20.8. The maximum absolute atomic E-state index is 7.13. The summed E-state index contributed by atoms with van der Waals surface area (Å²) >= 11 is 14.3. The minimum atomic E-state index is -3.02. The molecular formula is C23H38Cl2N7O4P3. The molecule has 6 aliphatic heterocycles. The van der Waals surface area contributed by atoms with Gasteiger partial charge in [0.2, 0.25) is 15.0 Å². The number of allylic oxidation sites excluding steroid dienone is 2. The molecule has 218 valence electrons. The molecule has 0 aromatic heterocycles. The van der Waals surface area contributed by atoms with E-state index >= 15 is 0 Å². The third-order valence-electron chi connectivity index (χ3n) is 8.65. The van der Waals surface area contributed by atoms with Gasteiger partial charge >= 0.3 is 0 Å². The van der Waals surface area contributed by atoms with Gasteiger partial charge in [-0.15, -0.1) is 0 Å². The van der Waals surface area contributed by atoms with E-state index in [1.54, 1.807) is 0 Å². The number of hydrogen-bond acceptors (Lipinski definition) is 11. The van der Waals surface area contributed by atoms with Crippen LogP contribution in [0.3, 0.4) is 0 Å². The topological polar surface area (TPSA) is 95.8 Å². The minimum Gasteiger partial charge on any atom is -0.347 e. The smallest absolute Gasteiger partial charge is 0.257 e. The molecule has 1 unspecified atom stereocenters. The average Bonchev–Trinajstić information content (AvgIpc) is 3.70. The minimum absolute atomic E-state index is 0.329. The zero-order valence-electron chi connectivity index (χ0n) is 22.1. The molecule has 0 amide bonds. The SMILES string of the molecule is ClP1(Cl)=NP2(=NP(N3CCC4(CC3)OCCO4)(N3CCC4(CC3)OCCO4)=N1)NCCCN2CC1C=CC=C1. The summed E-state index contributed by atoms with van der Waals surface area (Å²) in [4.78, 5) is 0. The summed E-state index contributed by atoms with van der Waals surface area (Å²) in [5, 5.41) is 3.77. The van der Waals surface area contributed by atoms with E-state index in [1.807, 2.05) is 0 Å². The van der Waals surface area contributed by atoms with E-state index < -0.39 is 32.5 Å². The summed E-state index contributed by atoms with van der Waals surface area (Å²) in [5.41, 5.74) is 0. The molecule has 16 heteroatoms. The fraction of sp³-hybridized carbons (Fsp3) is 0.826. The van der Waals surface area contributed by atoms with Crippen LogP contribution in [0, 0.1) is 5.92 Å². The van der Waals surface area contributed by atoms with E-state index in [-0.39, 0.29) is 0 Å². The second-order valence-corrected chi connectivity index (χ2v) is 21.7. The maximum atomic E-state index is 7.13. The number of ether oxygens (including phenoxy) is 4. The van der Waals surface area contributed by atoms with E-state index in [9.17, 15) is 0 Å². The molecule has 7 aliphatic rings. The average molecular weight is 640 g/mol. The van der Waals surface area contributed by atoms with E-state index in [4.69, 9.17) is 55.0 Å². The third kappa shape index (κ3) is 5.37. The summed E-state index contributed by atoms with van der Waals surface area (Å²) in [6.45, 7) is 8.24. The number of hydrogen-bond donors (Lipinski definition) is 1. The predicted octanol–water partition coefficient (Wildman–Crippen LogP) is 6.03. The number of halogens is 2. The molecular weight excluding hydrogens is 602 g/mol. The van der Waals surface area contributed by atoms with Gasteiger partial charge in [0.05, 0.1) is 26.4 Å². The Morgan fingerprint density at radius 3 is 1.85 bits per heavy atom. The monoisotopic (exact) mass is 639 g/mol. The van der Waals surface area contributed by atoms with Crippen molar-refractivity contribution in [3.8, 4) is 0 Å². The van der Waals surface area contributed by atoms with Crippen molar-refractivity contribution in [3.05, 3.63) is 24.3 Å². The van der Waals surface area contributed by atoms with Crippen molar-refractivity contribution in [2.75, 3.05) is 72.2 Å². The van der Waals surface area contributed by atoms with Gasteiger partial charge in [-0.05, 0) is 28.9 Å². The molecule has 5 fully saturated rings. The lowest BCUT2D eigenvalue weighted by molar-refractivity contribution is -0.182. The van der Waals surface area contributed by atoms with Crippen LogP contribution in [0.4, 0.5) is 0 Å². The quantitative estimate of drug-likeness (QED) is 0.373. The van der Waals surface area contributed by atoms with Crippen LogP contribution in [0.5, 0.6) is 0 Å². The Balaban J connectivity index is 1.29. The van der Waals surface area contributed by atoms with Gasteiger partial charge in [0.15, 0.2) is 11.6 Å². The molecule has 7 rings (SSSR count). The number of rotatable bonds is 4. The lowest BCUT2D eigenvalue weighted by Gasteiger charge is -2.51. The molecule has 0 aromatic carbocycles. The van der Waals surface area contributed by atoms with Crippen molar-refractivity contribution in [2.24, 2.45) is 19.5 Å². The Morgan fingerprint density at radius 1 is 0.769 bits per heavy atom. The van der Waals surface area contributed by atoms with Crippen molar-refractivity contribution in [3.63, 3.8) is 0 Å². The molecule has 0 aromatic rings. The number of piperidine rings is 2. The highest BCUT2D eigenvalue weighted by Crippen LogP contribution is 2.84. The Morgan fingerprint density at radius 2 is 1.31 bits per heavy atom. The van der Waals surface area contributed by atoms with Gasteiger partial charge in [0.1, 0.15) is 0 Å². The van der Waals surface area contributed by atoms with Gasteiger partial charge in [0, 0.05) is 77.4 Å². The van der Waals surface area contributed by atoms with Crippen molar-refractivity contribution >= 4 is 43.4 Å². The first-order valence-electron chi connectivity index (χ1n) is 14.1. The van der Waals surface area contributed by atoms with Crippen LogP contribution in [0.15, 0.2) is 37.9 Å². The second kappa shape index (κ2) is 10.9. The second-order valence-electron chi connectivity index (χ2n) is 11.1. The van der Waals surface area contributed by atoms with Crippen molar-refractivity contribution in [1.82, 2.24) is 19.1 Å². The van der Waals surface area contributed by atoms with Crippen LogP contribution < -0.4 is 5.09 Å². The molecule has 6 heterocycles. The highest BCUT2D eigenvalue weighted by molar-refractivity contribution is 8.13. The molecule has 1 atom stereocenters. The Bertz CT molecular complexity index is 1130. The molecule has 1 aliphatic carbocycles. The van der Waals surface area contributed by atoms with Crippen LogP contribution >= 0.6 is 43.4 Å². The zero-order chi connectivity index (χ0) is 26.6. The Labute approximate surface area is 240 Å². The highest BCUT2D eigenvalue weighted by Gasteiger charge is 2.52. The standard InChI is InChI=1S/C23H38Cl2N7O4P3/c24-37(25)27-38(26-10-3-11-32(38)20-21-4-1-2-5-21)29-39(28-37,30-12-6-22(7-13-30)33-16-17-34-22)31-14-8-23(9-15-31)35-18-19-36-23/h1-2,4-5,21,26H,3,6-20H2. The molecule has 39 heavy (non-hydrogen) atoms. The maximum Gasteiger partial charge on any atom is 0.257 e. The Kier molecular flexibility index (Phi) is 7.85. The van der Waals surface area contributed by atoms with E-state index in [2.05, 4.69) is 43.4 Å². The normalized spacial score (nSPS) is 35.9. The van der Waals surface area contributed by atoms with Gasteiger partial charge in [0.25, 0.3) is 5.91 Å². The van der Waals surface area contributed by atoms with Gasteiger partial charge in [-0.25, -0.2) is 14.0 Å². The first kappa shape index (κ1) is 28.2. The number of nitrogens with one attached hydrogen (secondary N) is 1. The van der Waals surface area contributed by atoms with Crippen LogP contribution in [0.2, 0.25) is 0 Å². The summed E-state index contributed by atoms with van der Waals surface area (Å²) in [5.74, 6) is -3.68. The van der Waals surface area contributed by atoms with Crippen LogP contribution in [0.1, 0.15) is 32.1 Å². The Hall–Kier alpha value is 0.430. The predicted molar refractivity (Wildman–Crippen MR) is 157 cm³/mol. The lowest BCUT2D eigenvalue weighted by atomic mass is 10.1. The molecule has 5 saturated heterocycles. The zero-order valence-corrected chi connectivity index (χ0v) is 26.3. The first-order valence-corrected chi connectivity index (χ1v) is 20.8. The molecule has 0 saturated carbocycles. The van der Waals surface area contributed by atoms with E-state index in [1.165, 1.54) is 0 Å². The van der Waals surface area contributed by atoms with Crippen molar-refractivity contribution in [1.29, 1.82) is 0 Å². The lowest BCUT2D eigenvalue weighted by Crippen LogP contribution is -2.49. The van der Waals surface area contributed by atoms with Gasteiger partial charge in [-0.2, -0.15) is 13.5 Å². The summed E-state index contributed by atoms with van der Waals surface area (Å²) in [7, 11) is -5.29. The molecule has 11 nitrogen and oxygen atoms in total. The largest absolute Gasteiger partial charge is 0.347 e. The molecule has 0 radical (unpaired) electrons. The highest BCUT2D eigenvalue weighted by atomic mass is 35.9. The molecule has 1 N–H and O–H groups in total. The number of nitrogens with zero attached hydrogens (tertiary/aromatic N) is 6. The van der Waals surface area contributed by atoms with Crippen molar-refractivity contribution < 1.29 is 18.9 Å². The van der Waals surface area contributed by atoms with Crippen LogP contribution in [0.25, 0.3) is 0 Å². The van der Waals surface area contributed by atoms with Gasteiger partial charge < -0.3 is 18.9 Å². The van der Waals surface area contributed by atoms with E-state index in [0.29, 0.717) is 32.3 Å². The van der Waals surface area contributed by atoms with Crippen LogP contribution in [-0.2, 0) is 18.9 Å². The summed E-state index contributed by atoms with van der Waals surface area (Å²) in [6.07, 6.45) is 12.8. The van der Waals surface area contributed by atoms with Gasteiger partial charge in [-0.1, -0.05) is 24.3 Å². The van der Waals surface area contributed by atoms with E-state index in [0.717, 1.165) is 77.9 Å². The first-order chi connectivity index (χ1) is 18.8. The summed E-state index contributed by atoms with van der Waals surface area (Å²) < 4.78 is 47.8.